The third-order valence-corrected chi connectivity index (χ3v) is 5.84. The normalized spacial score (nSPS) is 12.1. The average molecular weight is 429 g/mol. The van der Waals surface area contributed by atoms with Crippen molar-refractivity contribution in [2.24, 2.45) is 0 Å². The Kier molecular flexibility index (Phi) is 5.76. The fourth-order valence-corrected chi connectivity index (χ4v) is 4.49. The number of carbonyl (C=O) groups excluding carboxylic acids is 2. The van der Waals surface area contributed by atoms with Gasteiger partial charge in [-0.3, -0.25) is 4.79 Å². The first-order valence-electron chi connectivity index (χ1n) is 9.23. The summed E-state index contributed by atoms with van der Waals surface area (Å²) in [6, 6.07) is 15.7. The number of amides is 1. The second-order valence-corrected chi connectivity index (χ2v) is 7.67. The van der Waals surface area contributed by atoms with Crippen LogP contribution in [0.5, 0.6) is 5.75 Å². The van der Waals surface area contributed by atoms with Crippen molar-refractivity contribution in [1.82, 2.24) is 0 Å². The SMILES string of the molecule is O=C(COC(=O)c1cc2c(s1)-c1ccccc1CC2)Nc1ccccc1OC(F)F. The summed E-state index contributed by atoms with van der Waals surface area (Å²) >= 11 is 1.34. The second-order valence-electron chi connectivity index (χ2n) is 6.62. The van der Waals surface area contributed by atoms with Gasteiger partial charge in [0.2, 0.25) is 0 Å². The minimum atomic E-state index is -3.02. The molecule has 0 saturated carbocycles. The lowest BCUT2D eigenvalue weighted by atomic mass is 9.91. The van der Waals surface area contributed by atoms with Crippen LogP contribution in [0.4, 0.5) is 14.5 Å². The van der Waals surface area contributed by atoms with E-state index >= 15 is 0 Å². The summed E-state index contributed by atoms with van der Waals surface area (Å²) in [5.41, 5.74) is 3.53. The van der Waals surface area contributed by atoms with E-state index in [0.717, 1.165) is 28.8 Å². The molecular formula is C22H17F2NO4S. The highest BCUT2D eigenvalue weighted by molar-refractivity contribution is 7.17. The van der Waals surface area contributed by atoms with Crippen molar-refractivity contribution in [3.8, 4) is 16.2 Å². The number of fused-ring (bicyclic) bond motifs is 3. The molecule has 5 nitrogen and oxygen atoms in total. The van der Waals surface area contributed by atoms with Gasteiger partial charge in [-0.15, -0.1) is 11.3 Å². The Labute approximate surface area is 175 Å². The molecule has 2 aromatic carbocycles. The van der Waals surface area contributed by atoms with E-state index in [1.807, 2.05) is 24.3 Å². The molecule has 1 amide bonds. The monoisotopic (exact) mass is 429 g/mol. The first-order valence-corrected chi connectivity index (χ1v) is 10.0. The Balaban J connectivity index is 1.39. The molecule has 0 bridgehead atoms. The summed E-state index contributed by atoms with van der Waals surface area (Å²) in [7, 11) is 0. The number of para-hydroxylation sites is 2. The lowest BCUT2D eigenvalue weighted by Crippen LogP contribution is -2.21. The largest absolute Gasteiger partial charge is 0.451 e. The lowest BCUT2D eigenvalue weighted by molar-refractivity contribution is -0.119. The maximum absolute atomic E-state index is 12.5. The quantitative estimate of drug-likeness (QED) is 0.566. The molecule has 0 spiro atoms. The number of nitrogens with one attached hydrogen (secondary N) is 1. The minimum absolute atomic E-state index is 0.0713. The lowest BCUT2D eigenvalue weighted by Gasteiger charge is -2.15. The van der Waals surface area contributed by atoms with Crippen LogP contribution in [0.1, 0.15) is 20.8 Å². The second kappa shape index (κ2) is 8.62. The molecule has 0 unspecified atom stereocenters. The zero-order chi connectivity index (χ0) is 21.1. The maximum atomic E-state index is 12.5. The molecule has 0 fully saturated rings. The number of carbonyl (C=O) groups is 2. The molecule has 3 aromatic rings. The van der Waals surface area contributed by atoms with Crippen LogP contribution in [0, 0.1) is 0 Å². The summed E-state index contributed by atoms with van der Waals surface area (Å²) in [5, 5.41) is 2.41. The van der Waals surface area contributed by atoms with Crippen LogP contribution in [0.3, 0.4) is 0 Å². The van der Waals surface area contributed by atoms with Crippen molar-refractivity contribution in [3.63, 3.8) is 0 Å². The van der Waals surface area contributed by atoms with Gasteiger partial charge < -0.3 is 14.8 Å². The Morgan fingerprint density at radius 2 is 1.77 bits per heavy atom. The van der Waals surface area contributed by atoms with Gasteiger partial charge >= 0.3 is 12.6 Å². The van der Waals surface area contributed by atoms with Gasteiger partial charge in [0, 0.05) is 4.88 Å². The number of anilines is 1. The minimum Gasteiger partial charge on any atom is -0.451 e. The molecule has 154 valence electrons. The van der Waals surface area contributed by atoms with Crippen molar-refractivity contribution >= 4 is 28.9 Å². The number of ether oxygens (including phenoxy) is 2. The number of rotatable bonds is 6. The van der Waals surface area contributed by atoms with Crippen molar-refractivity contribution in [2.75, 3.05) is 11.9 Å². The molecule has 1 aliphatic rings. The van der Waals surface area contributed by atoms with E-state index < -0.39 is 25.1 Å². The first-order chi connectivity index (χ1) is 14.5. The highest BCUT2D eigenvalue weighted by Gasteiger charge is 2.22. The van der Waals surface area contributed by atoms with E-state index in [2.05, 4.69) is 16.1 Å². The van der Waals surface area contributed by atoms with Crippen molar-refractivity contribution in [1.29, 1.82) is 0 Å². The number of hydrogen-bond acceptors (Lipinski definition) is 5. The summed E-state index contributed by atoms with van der Waals surface area (Å²) in [5.74, 6) is -1.42. The number of esters is 1. The predicted molar refractivity (Wildman–Crippen MR) is 109 cm³/mol. The third-order valence-electron chi connectivity index (χ3n) is 4.65. The molecule has 8 heteroatoms. The molecule has 1 aliphatic carbocycles. The van der Waals surface area contributed by atoms with Crippen LogP contribution in [-0.2, 0) is 22.4 Å². The van der Waals surface area contributed by atoms with Gasteiger partial charge in [0.05, 0.1) is 5.69 Å². The number of aryl methyl sites for hydroxylation is 2. The topological polar surface area (TPSA) is 64.6 Å². The Morgan fingerprint density at radius 3 is 2.60 bits per heavy atom. The Hall–Kier alpha value is -3.26. The summed E-state index contributed by atoms with van der Waals surface area (Å²) < 4.78 is 34.4. The van der Waals surface area contributed by atoms with E-state index in [1.54, 1.807) is 6.07 Å². The van der Waals surface area contributed by atoms with Gasteiger partial charge in [0.1, 0.15) is 10.6 Å². The molecule has 0 atom stereocenters. The van der Waals surface area contributed by atoms with E-state index in [4.69, 9.17) is 4.74 Å². The van der Waals surface area contributed by atoms with Gasteiger partial charge in [-0.25, -0.2) is 4.79 Å². The number of benzene rings is 2. The van der Waals surface area contributed by atoms with Crippen LogP contribution >= 0.6 is 11.3 Å². The zero-order valence-corrected chi connectivity index (χ0v) is 16.5. The fraction of sp³-hybridized carbons (Fsp3) is 0.182. The highest BCUT2D eigenvalue weighted by atomic mass is 32.1. The van der Waals surface area contributed by atoms with E-state index in [0.29, 0.717) is 4.88 Å². The van der Waals surface area contributed by atoms with Crippen LogP contribution in [0.15, 0.2) is 54.6 Å². The van der Waals surface area contributed by atoms with Crippen molar-refractivity contribution in [3.05, 3.63) is 70.6 Å². The van der Waals surface area contributed by atoms with Gasteiger partial charge in [0.15, 0.2) is 6.61 Å². The van der Waals surface area contributed by atoms with Crippen LogP contribution in [0.2, 0.25) is 0 Å². The molecule has 0 aliphatic heterocycles. The third kappa shape index (κ3) is 4.33. The van der Waals surface area contributed by atoms with Gasteiger partial charge in [-0.2, -0.15) is 8.78 Å². The van der Waals surface area contributed by atoms with E-state index in [1.165, 1.54) is 35.1 Å². The first kappa shape index (κ1) is 20.0. The smallest absolute Gasteiger partial charge is 0.387 e. The van der Waals surface area contributed by atoms with Crippen LogP contribution < -0.4 is 10.1 Å². The number of halogens is 2. The molecule has 0 saturated heterocycles. The molecule has 0 radical (unpaired) electrons. The molecule has 1 heterocycles. The van der Waals surface area contributed by atoms with Gasteiger partial charge in [-0.1, -0.05) is 36.4 Å². The molecule has 1 aromatic heterocycles. The summed E-state index contributed by atoms with van der Waals surface area (Å²) in [6.45, 7) is -3.56. The van der Waals surface area contributed by atoms with E-state index in [9.17, 15) is 18.4 Å². The van der Waals surface area contributed by atoms with Crippen LogP contribution in [0.25, 0.3) is 10.4 Å². The number of hydrogen-bond donors (Lipinski definition) is 1. The fourth-order valence-electron chi connectivity index (χ4n) is 3.33. The van der Waals surface area contributed by atoms with E-state index in [-0.39, 0.29) is 11.4 Å². The summed E-state index contributed by atoms with van der Waals surface area (Å²) in [6.07, 6.45) is 1.76. The van der Waals surface area contributed by atoms with Gasteiger partial charge in [0.25, 0.3) is 5.91 Å². The highest BCUT2D eigenvalue weighted by Crippen LogP contribution is 2.39. The molecular weight excluding hydrogens is 412 g/mol. The Bertz CT molecular complexity index is 1100. The molecule has 1 N–H and O–H groups in total. The predicted octanol–water partition coefficient (Wildman–Crippen LogP) is 4.91. The average Bonchev–Trinajstić information content (AvgIpc) is 3.18. The number of thiophene rings is 1. The Morgan fingerprint density at radius 1 is 1.03 bits per heavy atom. The maximum Gasteiger partial charge on any atom is 0.387 e. The molecule has 30 heavy (non-hydrogen) atoms. The van der Waals surface area contributed by atoms with Crippen molar-refractivity contribution < 1.29 is 27.8 Å². The summed E-state index contributed by atoms with van der Waals surface area (Å²) in [4.78, 5) is 26.0. The van der Waals surface area contributed by atoms with Crippen molar-refractivity contribution in [2.45, 2.75) is 19.5 Å². The van der Waals surface area contributed by atoms with Gasteiger partial charge in [-0.05, 0) is 47.7 Å². The molecule has 4 rings (SSSR count). The van der Waals surface area contributed by atoms with Crippen LogP contribution in [-0.4, -0.2) is 25.1 Å². The number of alkyl halides is 2. The zero-order valence-electron chi connectivity index (χ0n) is 15.7. The standard InChI is InChI=1S/C22H17F2NO4S/c23-22(24)29-17-8-4-3-7-16(17)25-19(26)12-28-21(27)18-11-14-10-9-13-5-1-2-6-15(13)20(14)30-18/h1-8,11,22H,9-10,12H2,(H,25,26).